The second-order valence-corrected chi connectivity index (χ2v) is 10.4. The summed E-state index contributed by atoms with van der Waals surface area (Å²) in [7, 11) is -4.06. The van der Waals surface area contributed by atoms with Crippen LogP contribution in [0.3, 0.4) is 0 Å². The van der Waals surface area contributed by atoms with Crippen LogP contribution in [-0.2, 0) is 21.2 Å². The molecule has 1 amide bonds. The van der Waals surface area contributed by atoms with Gasteiger partial charge in [-0.25, -0.2) is 13.5 Å². The molecule has 1 atom stereocenters. The van der Waals surface area contributed by atoms with Gasteiger partial charge in [-0.2, -0.15) is 9.82 Å². The zero-order valence-electron chi connectivity index (χ0n) is 19.2. The second kappa shape index (κ2) is 10.4. The van der Waals surface area contributed by atoms with Crippen LogP contribution in [0.2, 0.25) is 0 Å². The van der Waals surface area contributed by atoms with Gasteiger partial charge in [-0.05, 0) is 47.7 Å². The van der Waals surface area contributed by atoms with Gasteiger partial charge in [0, 0.05) is 5.56 Å². The maximum Gasteiger partial charge on any atom is 0.264 e. The molecule has 4 rings (SSSR count). The first-order valence-corrected chi connectivity index (χ1v) is 12.9. The zero-order chi connectivity index (χ0) is 25.0. The number of nitrogens with one attached hydrogen (secondary N) is 1. The molecule has 0 aromatic heterocycles. The SMILES string of the molecule is NN=C(N)c1ccc(C[C@H](NS(=O)(=O)c2ccc3ccccc3c2)C(=O)N(O)C2CCCC2)cc1. The summed E-state index contributed by atoms with van der Waals surface area (Å²) in [5.41, 5.74) is 7.01. The molecule has 0 unspecified atom stereocenters. The van der Waals surface area contributed by atoms with Crippen LogP contribution in [0.4, 0.5) is 0 Å². The van der Waals surface area contributed by atoms with Crippen molar-refractivity contribution in [2.75, 3.05) is 0 Å². The lowest BCUT2D eigenvalue weighted by Gasteiger charge is -2.27. The summed E-state index contributed by atoms with van der Waals surface area (Å²) in [5, 5.41) is 16.5. The number of hydrazone groups is 1. The number of benzene rings is 3. The average Bonchev–Trinajstić information content (AvgIpc) is 3.42. The lowest BCUT2D eigenvalue weighted by atomic mass is 10.0. The number of nitrogens with zero attached hydrogens (tertiary/aromatic N) is 2. The molecule has 6 N–H and O–H groups in total. The fourth-order valence-electron chi connectivity index (χ4n) is 4.38. The van der Waals surface area contributed by atoms with Crippen molar-refractivity contribution in [3.05, 3.63) is 77.9 Å². The highest BCUT2D eigenvalue weighted by atomic mass is 32.2. The molecule has 1 aliphatic rings. The number of sulfonamides is 1. The van der Waals surface area contributed by atoms with E-state index in [2.05, 4.69) is 9.82 Å². The molecule has 0 saturated heterocycles. The molecular weight excluding hydrogens is 466 g/mol. The van der Waals surface area contributed by atoms with Gasteiger partial charge in [0.2, 0.25) is 10.0 Å². The van der Waals surface area contributed by atoms with Gasteiger partial charge in [0.15, 0.2) is 0 Å². The minimum absolute atomic E-state index is 0.0371. The highest BCUT2D eigenvalue weighted by Gasteiger charge is 2.33. The standard InChI is InChI=1S/C25H29N5O4S/c26-24(28-27)19-11-9-17(10-12-19)15-23(25(31)30(32)21-7-3-4-8-21)29-35(33,34)22-14-13-18-5-1-2-6-20(18)16-22/h1-2,5-6,9-14,16,21,23,29,32H,3-4,7-8,15,27H2,(H2,26,28)/t23-/m0/s1. The summed E-state index contributed by atoms with van der Waals surface area (Å²) in [4.78, 5) is 13.3. The zero-order valence-corrected chi connectivity index (χ0v) is 20.0. The van der Waals surface area contributed by atoms with Crippen LogP contribution in [0.15, 0.2) is 76.7 Å². The number of fused-ring (bicyclic) bond motifs is 1. The Morgan fingerprint density at radius 2 is 1.71 bits per heavy atom. The quantitative estimate of drug-likeness (QED) is 0.124. The Bertz CT molecular complexity index is 1340. The largest absolute Gasteiger partial charge is 0.382 e. The van der Waals surface area contributed by atoms with E-state index in [-0.39, 0.29) is 23.2 Å². The van der Waals surface area contributed by atoms with Gasteiger partial charge in [-0.1, -0.05) is 67.4 Å². The van der Waals surface area contributed by atoms with Gasteiger partial charge < -0.3 is 11.6 Å². The Morgan fingerprint density at radius 3 is 2.37 bits per heavy atom. The Hall–Kier alpha value is -3.47. The van der Waals surface area contributed by atoms with Crippen molar-refractivity contribution in [3.63, 3.8) is 0 Å². The first-order chi connectivity index (χ1) is 16.8. The lowest BCUT2D eigenvalue weighted by molar-refractivity contribution is -0.177. The van der Waals surface area contributed by atoms with Crippen LogP contribution < -0.4 is 16.3 Å². The number of nitrogens with two attached hydrogens (primary N) is 2. The molecule has 184 valence electrons. The number of hydroxylamine groups is 2. The van der Waals surface area contributed by atoms with Gasteiger partial charge in [0.05, 0.1) is 10.9 Å². The average molecular weight is 496 g/mol. The molecule has 3 aromatic rings. The number of hydrogen-bond acceptors (Lipinski definition) is 6. The number of carbonyl (C=O) groups is 1. The minimum atomic E-state index is -4.06. The van der Waals surface area contributed by atoms with Gasteiger partial charge in [0.25, 0.3) is 5.91 Å². The van der Waals surface area contributed by atoms with Crippen molar-refractivity contribution in [3.8, 4) is 0 Å². The summed E-state index contributed by atoms with van der Waals surface area (Å²) >= 11 is 0. The summed E-state index contributed by atoms with van der Waals surface area (Å²) in [6, 6.07) is 17.5. The molecule has 1 aliphatic carbocycles. The van der Waals surface area contributed by atoms with E-state index >= 15 is 0 Å². The van der Waals surface area contributed by atoms with Gasteiger partial charge in [-0.15, -0.1) is 0 Å². The highest BCUT2D eigenvalue weighted by Crippen LogP contribution is 2.24. The van der Waals surface area contributed by atoms with Crippen molar-refractivity contribution in [2.45, 2.75) is 49.1 Å². The van der Waals surface area contributed by atoms with Crippen LogP contribution in [0.25, 0.3) is 10.8 Å². The van der Waals surface area contributed by atoms with Crippen LogP contribution in [-0.4, -0.2) is 42.5 Å². The number of hydrogen-bond donors (Lipinski definition) is 4. The second-order valence-electron chi connectivity index (χ2n) is 8.72. The third-order valence-corrected chi connectivity index (χ3v) is 7.82. The van der Waals surface area contributed by atoms with Crippen molar-refractivity contribution in [1.29, 1.82) is 0 Å². The smallest absolute Gasteiger partial charge is 0.264 e. The fourth-order valence-corrected chi connectivity index (χ4v) is 5.60. The molecule has 0 spiro atoms. The summed E-state index contributed by atoms with van der Waals surface area (Å²) in [6.07, 6.45) is 3.22. The predicted molar refractivity (Wildman–Crippen MR) is 134 cm³/mol. The summed E-state index contributed by atoms with van der Waals surface area (Å²) in [5.74, 6) is 4.69. The number of amides is 1. The van der Waals surface area contributed by atoms with E-state index in [9.17, 15) is 18.4 Å². The van der Waals surface area contributed by atoms with Crippen LogP contribution in [0.5, 0.6) is 0 Å². The molecule has 1 fully saturated rings. The topological polar surface area (TPSA) is 151 Å². The molecule has 0 radical (unpaired) electrons. The summed E-state index contributed by atoms with van der Waals surface area (Å²) in [6.45, 7) is 0. The summed E-state index contributed by atoms with van der Waals surface area (Å²) < 4.78 is 29.1. The van der Waals surface area contributed by atoms with Crippen molar-refractivity contribution < 1.29 is 18.4 Å². The van der Waals surface area contributed by atoms with Crippen molar-refractivity contribution >= 4 is 32.5 Å². The van der Waals surface area contributed by atoms with E-state index in [1.807, 2.05) is 24.3 Å². The van der Waals surface area contributed by atoms with E-state index in [0.717, 1.165) is 23.6 Å². The molecule has 0 aliphatic heterocycles. The minimum Gasteiger partial charge on any atom is -0.382 e. The Kier molecular flexibility index (Phi) is 7.34. The van der Waals surface area contributed by atoms with Crippen molar-refractivity contribution in [1.82, 2.24) is 9.79 Å². The third kappa shape index (κ3) is 5.61. The molecule has 9 nitrogen and oxygen atoms in total. The van der Waals surface area contributed by atoms with Crippen molar-refractivity contribution in [2.24, 2.45) is 16.7 Å². The molecule has 35 heavy (non-hydrogen) atoms. The third-order valence-electron chi connectivity index (χ3n) is 6.35. The molecule has 1 saturated carbocycles. The molecular formula is C25H29N5O4S. The number of carbonyl (C=O) groups excluding carboxylic acids is 1. The lowest BCUT2D eigenvalue weighted by Crippen LogP contribution is -2.51. The molecule has 0 bridgehead atoms. The highest BCUT2D eigenvalue weighted by molar-refractivity contribution is 7.89. The Balaban J connectivity index is 1.62. The van der Waals surface area contributed by atoms with E-state index < -0.39 is 22.0 Å². The van der Waals surface area contributed by atoms with E-state index in [1.165, 1.54) is 6.07 Å². The van der Waals surface area contributed by atoms with Crippen LogP contribution >= 0.6 is 0 Å². The van der Waals surface area contributed by atoms with Crippen LogP contribution in [0, 0.1) is 0 Å². The Labute approximate surface area is 204 Å². The predicted octanol–water partition coefficient (Wildman–Crippen LogP) is 2.47. The van der Waals surface area contributed by atoms with E-state index in [0.29, 0.717) is 29.0 Å². The normalized spacial score (nSPS) is 15.9. The Morgan fingerprint density at radius 1 is 1.06 bits per heavy atom. The van der Waals surface area contributed by atoms with E-state index in [4.69, 9.17) is 11.6 Å². The number of amidine groups is 1. The number of rotatable bonds is 8. The molecule has 3 aromatic carbocycles. The maximum absolute atomic E-state index is 13.3. The van der Waals surface area contributed by atoms with Gasteiger partial charge in [0.1, 0.15) is 11.9 Å². The van der Waals surface area contributed by atoms with Gasteiger partial charge >= 0.3 is 0 Å². The first kappa shape index (κ1) is 24.6. The molecule has 10 heteroatoms. The van der Waals surface area contributed by atoms with Crippen LogP contribution in [0.1, 0.15) is 36.8 Å². The monoisotopic (exact) mass is 495 g/mol. The van der Waals surface area contributed by atoms with Gasteiger partial charge in [-0.3, -0.25) is 10.0 Å². The van der Waals surface area contributed by atoms with E-state index in [1.54, 1.807) is 36.4 Å². The molecule has 0 heterocycles. The first-order valence-electron chi connectivity index (χ1n) is 11.4. The fraction of sp³-hybridized carbons (Fsp3) is 0.280. The maximum atomic E-state index is 13.3.